The molecule has 2 aromatic heterocycles. The minimum absolute atomic E-state index is 1.12. The van der Waals surface area contributed by atoms with E-state index in [1.807, 2.05) is 0 Å². The minimum Gasteiger partial charge on any atom is -0.310 e. The van der Waals surface area contributed by atoms with Crippen molar-refractivity contribution < 1.29 is 0 Å². The number of fused-ring (bicyclic) bond motifs is 8. The lowest BCUT2D eigenvalue weighted by Crippen LogP contribution is -2.09. The predicted octanol–water partition coefficient (Wildman–Crippen LogP) is 17.4. The quantitative estimate of drug-likeness (QED) is 0.151. The first-order valence-electron chi connectivity index (χ1n) is 22.3. The minimum atomic E-state index is 1.12. The van der Waals surface area contributed by atoms with Crippen LogP contribution >= 0.6 is 0 Å². The standard InChI is InChI=1S/C62H41N3/c1-6-16-42(17-7-1)43-26-28-44(29-27-43)49-38-58-56-36-45-30-32-54(63(50-18-8-2-9-19-50)51-20-10-3-11-21-51)34-47(45)40-60(56)65-61-41-48-35-55(33-31-46(48)37-57(61)59(39-49)62(58)65)64(52-22-12-4-13-23-52)53-24-14-5-15-25-53/h1-41H. The van der Waals surface area contributed by atoms with Gasteiger partial charge in [-0.1, -0.05) is 140 Å². The lowest BCUT2D eigenvalue weighted by molar-refractivity contribution is 1.29. The molecular weight excluding hydrogens is 787 g/mol. The zero-order valence-corrected chi connectivity index (χ0v) is 35.5. The van der Waals surface area contributed by atoms with Crippen molar-refractivity contribution in [2.45, 2.75) is 0 Å². The molecule has 0 saturated heterocycles. The lowest BCUT2D eigenvalue weighted by atomic mass is 9.96. The summed E-state index contributed by atoms with van der Waals surface area (Å²) in [5, 5.41) is 9.86. The third kappa shape index (κ3) is 6.20. The molecule has 13 aromatic rings. The molecular formula is C62H41N3. The number of hydrogen-bond donors (Lipinski definition) is 0. The van der Waals surface area contributed by atoms with Crippen molar-refractivity contribution in [1.82, 2.24) is 4.40 Å². The molecule has 2 heterocycles. The molecule has 0 spiro atoms. The van der Waals surface area contributed by atoms with Crippen LogP contribution in [0.15, 0.2) is 249 Å². The third-order valence-electron chi connectivity index (χ3n) is 13.2. The zero-order chi connectivity index (χ0) is 42.8. The van der Waals surface area contributed by atoms with Crippen molar-refractivity contribution in [3.05, 3.63) is 249 Å². The second-order valence-corrected chi connectivity index (χ2v) is 17.0. The van der Waals surface area contributed by atoms with Gasteiger partial charge in [0.05, 0.1) is 16.6 Å². The molecule has 3 heteroatoms. The average molecular weight is 828 g/mol. The highest BCUT2D eigenvalue weighted by molar-refractivity contribution is 6.27. The van der Waals surface area contributed by atoms with E-state index in [0.29, 0.717) is 0 Å². The Balaban J connectivity index is 1.05. The molecule has 0 aliphatic carbocycles. The van der Waals surface area contributed by atoms with Gasteiger partial charge >= 0.3 is 0 Å². The van der Waals surface area contributed by atoms with Crippen LogP contribution in [0.5, 0.6) is 0 Å². The van der Waals surface area contributed by atoms with Crippen LogP contribution in [-0.4, -0.2) is 4.40 Å². The van der Waals surface area contributed by atoms with E-state index in [9.17, 15) is 0 Å². The summed E-state index contributed by atoms with van der Waals surface area (Å²) in [6, 6.07) is 90.6. The van der Waals surface area contributed by atoms with Gasteiger partial charge in [0.15, 0.2) is 0 Å². The highest BCUT2D eigenvalue weighted by Gasteiger charge is 2.22. The van der Waals surface area contributed by atoms with Crippen LogP contribution in [0.4, 0.5) is 34.1 Å². The van der Waals surface area contributed by atoms with Crippen molar-refractivity contribution in [2.75, 3.05) is 9.80 Å². The fourth-order valence-electron chi connectivity index (χ4n) is 10.1. The van der Waals surface area contributed by atoms with Crippen LogP contribution in [0.2, 0.25) is 0 Å². The molecule has 0 unspecified atom stereocenters. The first kappa shape index (κ1) is 36.9. The Morgan fingerprint density at radius 2 is 0.585 bits per heavy atom. The van der Waals surface area contributed by atoms with Gasteiger partial charge in [0, 0.05) is 55.7 Å². The Labute approximate surface area is 377 Å². The Kier molecular flexibility index (Phi) is 8.53. The number of nitrogens with zero attached hydrogens (tertiary/aromatic N) is 3. The summed E-state index contributed by atoms with van der Waals surface area (Å²) in [6.07, 6.45) is 0. The van der Waals surface area contributed by atoms with Gasteiger partial charge in [-0.2, -0.15) is 0 Å². The molecule has 0 aliphatic heterocycles. The molecule has 65 heavy (non-hydrogen) atoms. The summed E-state index contributed by atoms with van der Waals surface area (Å²) in [6.45, 7) is 0. The van der Waals surface area contributed by atoms with Gasteiger partial charge in [0.2, 0.25) is 0 Å². The molecule has 0 saturated carbocycles. The van der Waals surface area contributed by atoms with E-state index in [1.165, 1.54) is 81.9 Å². The van der Waals surface area contributed by atoms with Crippen LogP contribution in [0, 0.1) is 0 Å². The van der Waals surface area contributed by atoms with Gasteiger partial charge in [0.1, 0.15) is 0 Å². The Morgan fingerprint density at radius 1 is 0.231 bits per heavy atom. The summed E-state index contributed by atoms with van der Waals surface area (Å²) in [4.78, 5) is 4.69. The van der Waals surface area contributed by atoms with Crippen LogP contribution in [0.1, 0.15) is 0 Å². The topological polar surface area (TPSA) is 10.9 Å². The largest absolute Gasteiger partial charge is 0.310 e. The van der Waals surface area contributed by atoms with E-state index in [4.69, 9.17) is 0 Å². The third-order valence-corrected chi connectivity index (χ3v) is 13.2. The number of aromatic nitrogens is 1. The van der Waals surface area contributed by atoms with Gasteiger partial charge in [-0.05, 0) is 153 Å². The fourth-order valence-corrected chi connectivity index (χ4v) is 10.1. The summed E-state index contributed by atoms with van der Waals surface area (Å²) >= 11 is 0. The predicted molar refractivity (Wildman–Crippen MR) is 276 cm³/mol. The monoisotopic (exact) mass is 827 g/mol. The first-order valence-corrected chi connectivity index (χ1v) is 22.3. The van der Waals surface area contributed by atoms with Crippen molar-refractivity contribution in [1.29, 1.82) is 0 Å². The maximum atomic E-state index is 2.54. The SMILES string of the molecule is c1ccc(-c2ccc(-c3cc4c5cc6ccc(N(c7ccccc7)c7ccccc7)cc6cc5n5c6cc7cc(N(c8ccccc8)c8ccccc8)ccc7cc6c(c3)c45)cc2)cc1. The van der Waals surface area contributed by atoms with Gasteiger partial charge in [-0.25, -0.2) is 0 Å². The van der Waals surface area contributed by atoms with Crippen LogP contribution < -0.4 is 9.80 Å². The normalized spacial score (nSPS) is 11.7. The van der Waals surface area contributed by atoms with Gasteiger partial charge in [0.25, 0.3) is 0 Å². The molecule has 0 radical (unpaired) electrons. The average Bonchev–Trinajstić information content (AvgIpc) is 3.87. The van der Waals surface area contributed by atoms with Crippen LogP contribution in [0.3, 0.4) is 0 Å². The van der Waals surface area contributed by atoms with E-state index >= 15 is 0 Å². The number of benzene rings is 11. The van der Waals surface area contributed by atoms with Gasteiger partial charge < -0.3 is 14.2 Å². The summed E-state index contributed by atoms with van der Waals surface area (Å²) in [7, 11) is 0. The first-order chi connectivity index (χ1) is 32.2. The Hall–Kier alpha value is -8.66. The fraction of sp³-hybridized carbons (Fsp3) is 0. The van der Waals surface area contributed by atoms with Crippen molar-refractivity contribution >= 4 is 93.8 Å². The molecule has 0 N–H and O–H groups in total. The van der Waals surface area contributed by atoms with E-state index in [2.05, 4.69) is 263 Å². The molecule has 304 valence electrons. The smallest absolute Gasteiger partial charge is 0.0620 e. The summed E-state index contributed by atoms with van der Waals surface area (Å²) in [5.74, 6) is 0. The van der Waals surface area contributed by atoms with E-state index in [1.54, 1.807) is 0 Å². The molecule has 0 bridgehead atoms. The van der Waals surface area contributed by atoms with Crippen LogP contribution in [0.25, 0.3) is 81.9 Å². The molecule has 0 aliphatic rings. The van der Waals surface area contributed by atoms with Crippen molar-refractivity contribution in [2.24, 2.45) is 0 Å². The van der Waals surface area contributed by atoms with Crippen molar-refractivity contribution in [3.8, 4) is 22.3 Å². The highest BCUT2D eigenvalue weighted by Crippen LogP contribution is 2.46. The van der Waals surface area contributed by atoms with Crippen LogP contribution in [-0.2, 0) is 0 Å². The van der Waals surface area contributed by atoms with Crippen molar-refractivity contribution in [3.63, 3.8) is 0 Å². The second kappa shape index (κ2) is 15.0. The molecule has 3 nitrogen and oxygen atoms in total. The second-order valence-electron chi connectivity index (χ2n) is 17.0. The highest BCUT2D eigenvalue weighted by atomic mass is 15.1. The number of rotatable bonds is 8. The van der Waals surface area contributed by atoms with E-state index in [0.717, 1.165) is 34.1 Å². The summed E-state index contributed by atoms with van der Waals surface area (Å²) < 4.78 is 2.54. The maximum absolute atomic E-state index is 2.54. The van der Waals surface area contributed by atoms with Gasteiger partial charge in [-0.3, -0.25) is 0 Å². The lowest BCUT2D eigenvalue weighted by Gasteiger charge is -2.25. The molecule has 13 rings (SSSR count). The number of para-hydroxylation sites is 4. The Bertz CT molecular complexity index is 3560. The molecule has 11 aromatic carbocycles. The molecule has 0 fully saturated rings. The zero-order valence-electron chi connectivity index (χ0n) is 35.5. The van der Waals surface area contributed by atoms with E-state index in [-0.39, 0.29) is 0 Å². The number of anilines is 6. The number of hydrogen-bond acceptors (Lipinski definition) is 2. The Morgan fingerprint density at radius 3 is 0.985 bits per heavy atom. The van der Waals surface area contributed by atoms with E-state index < -0.39 is 0 Å². The maximum Gasteiger partial charge on any atom is 0.0620 e. The summed E-state index contributed by atoms with van der Waals surface area (Å²) in [5.41, 5.74) is 15.3. The molecule has 0 atom stereocenters. The molecule has 0 amide bonds. The van der Waals surface area contributed by atoms with Gasteiger partial charge in [-0.15, -0.1) is 0 Å².